The van der Waals surface area contributed by atoms with Gasteiger partial charge in [0.15, 0.2) is 0 Å². The minimum absolute atomic E-state index is 0. The van der Waals surface area contributed by atoms with Crippen LogP contribution in [0.3, 0.4) is 0 Å². The van der Waals surface area contributed by atoms with E-state index in [1.54, 1.807) is 32.1 Å². The third-order valence-electron chi connectivity index (χ3n) is 8.41. The number of hydrogen-bond acceptors (Lipinski definition) is 16. The second-order valence-electron chi connectivity index (χ2n) is 13.1. The zero-order valence-electron chi connectivity index (χ0n) is 37.5. The van der Waals surface area contributed by atoms with Gasteiger partial charge in [0.05, 0.1) is 54.7 Å². The van der Waals surface area contributed by atoms with Crippen molar-refractivity contribution in [3.63, 3.8) is 0 Å². The first-order chi connectivity index (χ1) is 33.1. The molecule has 1 aliphatic heterocycles. The van der Waals surface area contributed by atoms with Gasteiger partial charge in [-0.15, -0.1) is 29.8 Å². The number of halogens is 7. The number of nitrogen functional groups attached to an aromatic ring is 2. The summed E-state index contributed by atoms with van der Waals surface area (Å²) in [7, 11) is 0. The lowest BCUT2D eigenvalue weighted by Gasteiger charge is -2.23. The van der Waals surface area contributed by atoms with Crippen molar-refractivity contribution < 1.29 is 70.5 Å². The van der Waals surface area contributed by atoms with Crippen molar-refractivity contribution in [2.75, 3.05) is 66.2 Å². The van der Waals surface area contributed by atoms with Crippen LogP contribution < -0.4 is 40.2 Å². The summed E-state index contributed by atoms with van der Waals surface area (Å²) < 4.78 is 76.4. The highest BCUT2D eigenvalue weighted by Gasteiger charge is 2.32. The van der Waals surface area contributed by atoms with E-state index in [2.05, 4.69) is 23.1 Å². The molecule has 0 saturated carbocycles. The average Bonchev–Trinajstić information content (AvgIpc) is 3.29. The van der Waals surface area contributed by atoms with Crippen LogP contribution in [0.25, 0.3) is 0 Å². The Bertz CT molecular complexity index is 2410. The Balaban J connectivity index is 0.000000633. The standard InChI is InChI=1S/C22H25FN4O6.C20H21FN4O6.CH2Cl2.F2.FH/c1-4-7-9-33-19-13-18(20(27(29)30)21(24)25-19)26(22(28)31-6-3)14-15-10-16(23)12-17(11-15)32-8-5-2;1-2-29-20(26)24-12-13-8-14(21)10-15(9-13)30-6-4-3-5-7-31-17-11-16(24)18(25(27)28)19(22)23-17;2-1-3;1-2;/h4-5,10-13H,1-2,6-9,14H2,3H3,(H2,24,25);3-4,8-11H,2,5-7,12H2,1H3,(H2,22,23);1H2;;1H/b;4-3+;;;. The number of benzene rings is 2. The van der Waals surface area contributed by atoms with Gasteiger partial charge >= 0.3 is 23.6 Å². The van der Waals surface area contributed by atoms with Gasteiger partial charge in [0, 0.05) is 33.4 Å². The number of carbonyl (C=O) groups excluding carboxylic acids is 2. The number of nitrogens with zero attached hydrogens (tertiary/aromatic N) is 6. The lowest BCUT2D eigenvalue weighted by molar-refractivity contribution is -0.383. The minimum atomic E-state index is -0.902. The fourth-order valence-electron chi connectivity index (χ4n) is 5.79. The van der Waals surface area contributed by atoms with E-state index in [0.717, 1.165) is 9.80 Å². The number of nitrogens with two attached hydrogens (primary N) is 2. The van der Waals surface area contributed by atoms with Gasteiger partial charge in [-0.1, -0.05) is 30.9 Å². The van der Waals surface area contributed by atoms with Crippen LogP contribution in [0.2, 0.25) is 0 Å². The van der Waals surface area contributed by atoms with Gasteiger partial charge < -0.3 is 39.9 Å². The van der Waals surface area contributed by atoms with E-state index in [1.807, 2.05) is 0 Å². The first-order valence-electron chi connectivity index (χ1n) is 20.1. The average molecular weight is 1040 g/mol. The van der Waals surface area contributed by atoms with E-state index in [-0.39, 0.29) is 97.4 Å². The van der Waals surface area contributed by atoms with Crippen LogP contribution in [0.1, 0.15) is 37.8 Å². The van der Waals surface area contributed by atoms with Crippen molar-refractivity contribution in [2.24, 2.45) is 0 Å². The summed E-state index contributed by atoms with van der Waals surface area (Å²) in [6.45, 7) is 10.5. The molecule has 0 spiro atoms. The Labute approximate surface area is 407 Å². The molecule has 0 atom stereocenters. The van der Waals surface area contributed by atoms with Crippen LogP contribution >= 0.6 is 23.2 Å². The Morgan fingerprint density at radius 3 is 2.17 bits per heavy atom. The minimum Gasteiger partial charge on any atom is -0.489 e. The highest BCUT2D eigenvalue weighted by molar-refractivity contribution is 6.40. The van der Waals surface area contributed by atoms with E-state index in [1.165, 1.54) is 54.6 Å². The van der Waals surface area contributed by atoms with Crippen LogP contribution in [0.15, 0.2) is 86.0 Å². The highest BCUT2D eigenvalue weighted by atomic mass is 35.5. The molecule has 0 unspecified atom stereocenters. The Hall–Kier alpha value is -7.67. The quantitative estimate of drug-likeness (QED) is 0.0297. The highest BCUT2D eigenvalue weighted by Crippen LogP contribution is 2.39. The summed E-state index contributed by atoms with van der Waals surface area (Å²) in [6, 6.07) is 10.2. The summed E-state index contributed by atoms with van der Waals surface area (Å²) in [6.07, 6.45) is 5.88. The fraction of sp³-hybridized carbons (Fsp3) is 0.302. The SMILES string of the molecule is C=CCCOc1cc(N(Cc2cc(F)cc(OCC=C)c2)C(=O)OCC)c([N+](=O)[O-])c(N)n1.CCOC(=O)N1Cc2cc(F)cc(c2)OC/C=C/CCOc2cc1c([N+](=O)[O-])c(N)n2.ClCCl.F.FF. The van der Waals surface area contributed by atoms with E-state index in [0.29, 0.717) is 24.0 Å². The second kappa shape index (κ2) is 32.1. The number of hydrogen-bond donors (Lipinski definition) is 2. The number of nitro groups is 2. The van der Waals surface area contributed by atoms with Crippen LogP contribution in [0.4, 0.5) is 66.6 Å². The zero-order chi connectivity index (χ0) is 51.5. The molecular weight excluding hydrogens is 986 g/mol. The van der Waals surface area contributed by atoms with Gasteiger partial charge in [-0.3, -0.25) is 34.7 Å². The lowest BCUT2D eigenvalue weighted by atomic mass is 10.1. The first-order valence-corrected chi connectivity index (χ1v) is 21.2. The third-order valence-corrected chi connectivity index (χ3v) is 8.41. The molecule has 4 aromatic rings. The Morgan fingerprint density at radius 2 is 1.54 bits per heavy atom. The number of anilines is 4. The molecule has 4 N–H and O–H groups in total. The van der Waals surface area contributed by atoms with Crippen molar-refractivity contribution in [1.29, 1.82) is 0 Å². The van der Waals surface area contributed by atoms with E-state index in [4.69, 9.17) is 72.2 Å². The smallest absolute Gasteiger partial charge is 0.414 e. The number of amides is 2. The summed E-state index contributed by atoms with van der Waals surface area (Å²) in [5.74, 6) is -1.65. The molecule has 2 aromatic carbocycles. The van der Waals surface area contributed by atoms with Gasteiger partial charge in [0.1, 0.15) is 47.7 Å². The number of aromatic nitrogens is 2. The molecule has 2 aromatic heterocycles. The largest absolute Gasteiger partial charge is 0.489 e. The molecule has 2 amide bonds. The van der Waals surface area contributed by atoms with Crippen LogP contribution in [0, 0.1) is 31.9 Å². The van der Waals surface area contributed by atoms with E-state index in [9.17, 15) is 38.6 Å². The number of pyridine rings is 2. The topological polar surface area (TPSA) is 260 Å². The van der Waals surface area contributed by atoms with Gasteiger partial charge in [0.2, 0.25) is 23.4 Å². The van der Waals surface area contributed by atoms with Crippen molar-refractivity contribution in [2.45, 2.75) is 39.8 Å². The van der Waals surface area contributed by atoms with Crippen molar-refractivity contribution in [1.82, 2.24) is 9.97 Å². The molecule has 0 saturated heterocycles. The molecule has 382 valence electrons. The molecule has 70 heavy (non-hydrogen) atoms. The summed E-state index contributed by atoms with van der Waals surface area (Å²) in [5.41, 5.74) is 10.7. The van der Waals surface area contributed by atoms with Gasteiger partial charge in [-0.25, -0.2) is 18.4 Å². The summed E-state index contributed by atoms with van der Waals surface area (Å²) in [5, 5.41) is 23.6. The van der Waals surface area contributed by atoms with Gasteiger partial charge in [-0.2, -0.15) is 9.97 Å². The molecular formula is C43H49Cl2F5N8O12. The normalized spacial score (nSPS) is 11.8. The predicted molar refractivity (Wildman–Crippen MR) is 252 cm³/mol. The van der Waals surface area contributed by atoms with Crippen molar-refractivity contribution in [3.05, 3.63) is 129 Å². The third kappa shape index (κ3) is 19.1. The van der Waals surface area contributed by atoms with Gasteiger partial charge in [0.25, 0.3) is 0 Å². The fourth-order valence-corrected chi connectivity index (χ4v) is 5.79. The van der Waals surface area contributed by atoms with E-state index < -0.39 is 56.7 Å². The van der Waals surface area contributed by atoms with E-state index >= 15 is 0 Å². The maximum absolute atomic E-state index is 14.2. The number of carbonyl (C=O) groups is 2. The molecule has 5 rings (SSSR count). The summed E-state index contributed by atoms with van der Waals surface area (Å²) >= 11 is 9.53. The molecule has 0 aliphatic carbocycles. The molecule has 4 bridgehead atoms. The Kier molecular flexibility index (Phi) is 27.7. The Morgan fingerprint density at radius 1 is 0.886 bits per heavy atom. The summed E-state index contributed by atoms with van der Waals surface area (Å²) in [4.78, 5) is 57.2. The predicted octanol–water partition coefficient (Wildman–Crippen LogP) is 10.4. The van der Waals surface area contributed by atoms with Gasteiger partial charge in [-0.05, 0) is 62.1 Å². The molecule has 20 nitrogen and oxygen atoms in total. The molecule has 27 heteroatoms. The number of rotatable bonds is 14. The van der Waals surface area contributed by atoms with Crippen LogP contribution in [0.5, 0.6) is 23.3 Å². The van der Waals surface area contributed by atoms with Crippen LogP contribution in [-0.2, 0) is 22.6 Å². The van der Waals surface area contributed by atoms with Crippen molar-refractivity contribution in [3.8, 4) is 23.3 Å². The lowest BCUT2D eigenvalue weighted by Crippen LogP contribution is -2.32. The number of alkyl halides is 2. The molecule has 3 heterocycles. The molecule has 1 aliphatic rings. The monoisotopic (exact) mass is 1030 g/mol. The van der Waals surface area contributed by atoms with Crippen LogP contribution in [-0.4, -0.2) is 77.0 Å². The number of fused-ring (bicyclic) bond motifs is 4. The maximum Gasteiger partial charge on any atom is 0.414 e. The zero-order valence-corrected chi connectivity index (χ0v) is 39.0. The molecule has 0 fully saturated rings. The maximum atomic E-state index is 14.2. The number of ether oxygens (including phenoxy) is 6. The molecule has 0 radical (unpaired) electrons. The second-order valence-corrected chi connectivity index (χ2v) is 14.0. The van der Waals surface area contributed by atoms with Crippen molar-refractivity contribution >= 4 is 69.8 Å². The first kappa shape index (κ1) is 60.3.